The lowest BCUT2D eigenvalue weighted by Crippen LogP contribution is -2.20. The third-order valence-electron chi connectivity index (χ3n) is 4.87. The molecule has 28 heavy (non-hydrogen) atoms. The van der Waals surface area contributed by atoms with Gasteiger partial charge in [0.2, 0.25) is 11.8 Å². The number of hydrogen-bond acceptors (Lipinski definition) is 3. The fourth-order valence-electron chi connectivity index (χ4n) is 3.34. The lowest BCUT2D eigenvalue weighted by molar-refractivity contribution is -0.117. The minimum Gasteiger partial charge on any atom is -0.436 e. The molecule has 0 radical (unpaired) electrons. The smallest absolute Gasteiger partial charge is 0.231 e. The van der Waals surface area contributed by atoms with E-state index < -0.39 is 0 Å². The zero-order valence-corrected chi connectivity index (χ0v) is 16.0. The summed E-state index contributed by atoms with van der Waals surface area (Å²) in [7, 11) is 0. The quantitative estimate of drug-likeness (QED) is 0.473. The maximum atomic E-state index is 12.7. The largest absolute Gasteiger partial charge is 0.436 e. The molecule has 4 aromatic rings. The van der Waals surface area contributed by atoms with E-state index in [1.165, 1.54) is 0 Å². The Labute approximate surface area is 164 Å². The van der Waals surface area contributed by atoms with Crippen LogP contribution in [-0.2, 0) is 4.79 Å². The molecule has 4 heteroatoms. The fourth-order valence-corrected chi connectivity index (χ4v) is 3.34. The summed E-state index contributed by atoms with van der Waals surface area (Å²) in [6.07, 6.45) is 0.746. The van der Waals surface area contributed by atoms with Crippen molar-refractivity contribution in [2.75, 3.05) is 5.32 Å². The second-order valence-electron chi connectivity index (χ2n) is 6.93. The topological polar surface area (TPSA) is 55.1 Å². The van der Waals surface area contributed by atoms with E-state index in [4.69, 9.17) is 4.42 Å². The number of nitrogens with one attached hydrogen (secondary N) is 1. The number of carbonyl (C=O) groups is 1. The highest BCUT2D eigenvalue weighted by Gasteiger charge is 2.18. The summed E-state index contributed by atoms with van der Waals surface area (Å²) in [5.41, 5.74) is 5.43. The molecule has 0 saturated carbocycles. The Morgan fingerprint density at radius 3 is 2.50 bits per heavy atom. The zero-order chi connectivity index (χ0) is 19.5. The predicted octanol–water partition coefficient (Wildman–Crippen LogP) is 5.94. The lowest BCUT2D eigenvalue weighted by Gasteiger charge is -2.15. The molecule has 1 N–H and O–H groups in total. The van der Waals surface area contributed by atoms with Crippen molar-refractivity contribution in [1.82, 2.24) is 4.98 Å². The van der Waals surface area contributed by atoms with E-state index in [9.17, 15) is 4.79 Å². The van der Waals surface area contributed by atoms with Crippen LogP contribution >= 0.6 is 0 Å². The van der Waals surface area contributed by atoms with Crippen molar-refractivity contribution >= 4 is 22.7 Å². The van der Waals surface area contributed by atoms with Crippen LogP contribution in [0.25, 0.3) is 22.6 Å². The number of nitrogens with zero attached hydrogens (tertiary/aromatic N) is 1. The first-order chi connectivity index (χ1) is 13.6. The van der Waals surface area contributed by atoms with Crippen LogP contribution in [0.1, 0.15) is 30.4 Å². The first-order valence-electron chi connectivity index (χ1n) is 9.47. The van der Waals surface area contributed by atoms with Gasteiger partial charge in [-0.25, -0.2) is 4.98 Å². The van der Waals surface area contributed by atoms with E-state index in [0.717, 1.165) is 39.9 Å². The average molecular weight is 370 g/mol. The standard InChI is InChI=1S/C24H22N2O2/c1-3-20(17-7-5-4-6-8-17)23(27)25-19-12-10-18(11-13-19)24-26-21-15-16(2)9-14-22(21)28-24/h4-15,20H,3H2,1-2H3,(H,25,27)/t20-/m0/s1. The number of oxazole rings is 1. The highest BCUT2D eigenvalue weighted by atomic mass is 16.3. The van der Waals surface area contributed by atoms with E-state index in [-0.39, 0.29) is 11.8 Å². The molecular weight excluding hydrogens is 348 g/mol. The van der Waals surface area contributed by atoms with Crippen molar-refractivity contribution in [3.8, 4) is 11.5 Å². The molecule has 1 aromatic heterocycles. The van der Waals surface area contributed by atoms with Crippen molar-refractivity contribution in [3.63, 3.8) is 0 Å². The van der Waals surface area contributed by atoms with Gasteiger partial charge in [-0.15, -0.1) is 0 Å². The van der Waals surface area contributed by atoms with Gasteiger partial charge in [-0.2, -0.15) is 0 Å². The van der Waals surface area contributed by atoms with Crippen LogP contribution in [0.15, 0.2) is 77.2 Å². The number of hydrogen-bond donors (Lipinski definition) is 1. The van der Waals surface area contributed by atoms with Crippen molar-refractivity contribution in [2.45, 2.75) is 26.2 Å². The summed E-state index contributed by atoms with van der Waals surface area (Å²) in [4.78, 5) is 17.3. The molecule has 3 aromatic carbocycles. The van der Waals surface area contributed by atoms with Gasteiger partial charge < -0.3 is 9.73 Å². The van der Waals surface area contributed by atoms with Gasteiger partial charge in [0.25, 0.3) is 0 Å². The Balaban J connectivity index is 1.51. The average Bonchev–Trinajstić information content (AvgIpc) is 3.13. The van der Waals surface area contributed by atoms with Crippen molar-refractivity contribution in [1.29, 1.82) is 0 Å². The van der Waals surface area contributed by atoms with Gasteiger partial charge in [0.05, 0.1) is 5.92 Å². The molecule has 0 bridgehead atoms. The second kappa shape index (κ2) is 7.69. The molecule has 0 aliphatic heterocycles. The minimum absolute atomic E-state index is 0.00112. The molecule has 140 valence electrons. The molecule has 0 spiro atoms. The summed E-state index contributed by atoms with van der Waals surface area (Å²) in [6, 6.07) is 23.4. The number of aryl methyl sites for hydroxylation is 1. The van der Waals surface area contributed by atoms with Gasteiger partial charge in [-0.1, -0.05) is 43.3 Å². The Kier molecular flexibility index (Phi) is 4.94. The molecular formula is C24H22N2O2. The number of benzene rings is 3. The summed E-state index contributed by atoms with van der Waals surface area (Å²) in [5.74, 6) is 0.411. The van der Waals surface area contributed by atoms with E-state index >= 15 is 0 Å². The van der Waals surface area contributed by atoms with Gasteiger partial charge >= 0.3 is 0 Å². The van der Waals surface area contributed by atoms with Crippen LogP contribution in [0.5, 0.6) is 0 Å². The molecule has 4 nitrogen and oxygen atoms in total. The number of anilines is 1. The first-order valence-corrected chi connectivity index (χ1v) is 9.47. The second-order valence-corrected chi connectivity index (χ2v) is 6.93. The number of fused-ring (bicyclic) bond motifs is 1. The molecule has 0 saturated heterocycles. The highest BCUT2D eigenvalue weighted by molar-refractivity contribution is 5.96. The van der Waals surface area contributed by atoms with Crippen LogP contribution in [0.4, 0.5) is 5.69 Å². The summed E-state index contributed by atoms with van der Waals surface area (Å²) >= 11 is 0. The van der Waals surface area contributed by atoms with Crippen LogP contribution in [-0.4, -0.2) is 10.9 Å². The van der Waals surface area contributed by atoms with E-state index in [0.29, 0.717) is 5.89 Å². The van der Waals surface area contributed by atoms with Crippen LogP contribution in [0, 0.1) is 6.92 Å². The third-order valence-corrected chi connectivity index (χ3v) is 4.87. The SMILES string of the molecule is CC[C@H](C(=O)Nc1ccc(-c2nc3cc(C)ccc3o2)cc1)c1ccccc1. The Morgan fingerprint density at radius 1 is 1.04 bits per heavy atom. The van der Waals surface area contributed by atoms with Gasteiger partial charge in [-0.05, 0) is 60.9 Å². The number of aromatic nitrogens is 1. The molecule has 0 aliphatic carbocycles. The van der Waals surface area contributed by atoms with E-state index in [1.807, 2.05) is 86.6 Å². The van der Waals surface area contributed by atoms with Crippen LogP contribution in [0.3, 0.4) is 0 Å². The van der Waals surface area contributed by atoms with Gasteiger partial charge in [0, 0.05) is 11.3 Å². The third kappa shape index (κ3) is 3.67. The maximum absolute atomic E-state index is 12.7. The van der Waals surface area contributed by atoms with E-state index in [1.54, 1.807) is 0 Å². The van der Waals surface area contributed by atoms with Gasteiger partial charge in [0.1, 0.15) is 5.52 Å². The normalized spacial score (nSPS) is 12.1. The predicted molar refractivity (Wildman–Crippen MR) is 112 cm³/mol. The first kappa shape index (κ1) is 18.0. The van der Waals surface area contributed by atoms with Crippen LogP contribution < -0.4 is 5.32 Å². The van der Waals surface area contributed by atoms with Crippen molar-refractivity contribution in [3.05, 3.63) is 83.9 Å². The summed E-state index contributed by atoms with van der Waals surface area (Å²) in [6.45, 7) is 4.06. The van der Waals surface area contributed by atoms with E-state index in [2.05, 4.69) is 10.3 Å². The van der Waals surface area contributed by atoms with Crippen molar-refractivity contribution < 1.29 is 9.21 Å². The Hall–Kier alpha value is -3.40. The number of rotatable bonds is 5. The highest BCUT2D eigenvalue weighted by Crippen LogP contribution is 2.27. The lowest BCUT2D eigenvalue weighted by atomic mass is 9.95. The number of amides is 1. The monoisotopic (exact) mass is 370 g/mol. The Bertz CT molecular complexity index is 1100. The molecule has 1 heterocycles. The molecule has 1 atom stereocenters. The molecule has 0 aliphatic rings. The zero-order valence-electron chi connectivity index (χ0n) is 16.0. The Morgan fingerprint density at radius 2 is 1.79 bits per heavy atom. The van der Waals surface area contributed by atoms with Gasteiger partial charge in [0.15, 0.2) is 5.58 Å². The molecule has 1 amide bonds. The summed E-state index contributed by atoms with van der Waals surface area (Å²) in [5, 5.41) is 3.01. The van der Waals surface area contributed by atoms with Gasteiger partial charge in [-0.3, -0.25) is 4.79 Å². The molecule has 0 fully saturated rings. The van der Waals surface area contributed by atoms with Crippen molar-refractivity contribution in [2.24, 2.45) is 0 Å². The molecule has 0 unspecified atom stereocenters. The molecule has 4 rings (SSSR count). The summed E-state index contributed by atoms with van der Waals surface area (Å²) < 4.78 is 5.85. The maximum Gasteiger partial charge on any atom is 0.231 e. The number of carbonyl (C=O) groups excluding carboxylic acids is 1. The fraction of sp³-hybridized carbons (Fsp3) is 0.167. The van der Waals surface area contributed by atoms with Crippen LogP contribution in [0.2, 0.25) is 0 Å². The minimum atomic E-state index is -0.166.